The van der Waals surface area contributed by atoms with Gasteiger partial charge in [-0.2, -0.15) is 5.10 Å². The summed E-state index contributed by atoms with van der Waals surface area (Å²) in [5.74, 6) is 0.273. The van der Waals surface area contributed by atoms with Gasteiger partial charge in [0.25, 0.3) is 0 Å². The fourth-order valence-corrected chi connectivity index (χ4v) is 4.67. The summed E-state index contributed by atoms with van der Waals surface area (Å²) < 4.78 is 1.76. The van der Waals surface area contributed by atoms with Gasteiger partial charge in [0.2, 0.25) is 5.91 Å². The fraction of sp³-hybridized carbons (Fsp3) is 0.588. The van der Waals surface area contributed by atoms with E-state index in [-0.39, 0.29) is 11.3 Å². The summed E-state index contributed by atoms with van der Waals surface area (Å²) >= 11 is 1.70. The van der Waals surface area contributed by atoms with Gasteiger partial charge in [-0.05, 0) is 32.7 Å². The standard InChI is InChI=1S/C17H23N5OS/c1-13-19-14(11-24-13)9-21-6-3-4-17(12-21)5-7-22(16(17)23)15-8-18-20(2)10-15/h8,10-11H,3-7,9,12H2,1-2H3/t17-/m0/s1. The molecular formula is C17H23N5OS. The molecular weight excluding hydrogens is 322 g/mol. The van der Waals surface area contributed by atoms with Gasteiger partial charge in [-0.1, -0.05) is 0 Å². The highest BCUT2D eigenvalue weighted by Gasteiger charge is 2.49. The minimum absolute atomic E-state index is 0.223. The van der Waals surface area contributed by atoms with Gasteiger partial charge in [-0.15, -0.1) is 11.3 Å². The molecule has 0 N–H and O–H groups in total. The molecule has 2 aliphatic rings. The highest BCUT2D eigenvalue weighted by atomic mass is 32.1. The number of anilines is 1. The third-order valence-electron chi connectivity index (χ3n) is 5.22. The van der Waals surface area contributed by atoms with Crippen LogP contribution in [0.1, 0.15) is 30.0 Å². The van der Waals surface area contributed by atoms with Crippen molar-refractivity contribution in [1.29, 1.82) is 0 Å². The van der Waals surface area contributed by atoms with Crippen LogP contribution >= 0.6 is 11.3 Å². The summed E-state index contributed by atoms with van der Waals surface area (Å²) in [4.78, 5) is 22.0. The van der Waals surface area contributed by atoms with Gasteiger partial charge in [0.05, 0.1) is 28.0 Å². The van der Waals surface area contributed by atoms with Crippen LogP contribution in [0.5, 0.6) is 0 Å². The first-order valence-corrected chi connectivity index (χ1v) is 9.38. The third-order valence-corrected chi connectivity index (χ3v) is 6.05. The van der Waals surface area contributed by atoms with E-state index in [1.165, 1.54) is 0 Å². The molecule has 0 unspecified atom stereocenters. The number of likely N-dealkylation sites (tertiary alicyclic amines) is 1. The molecule has 0 bridgehead atoms. The predicted octanol–water partition coefficient (Wildman–Crippen LogP) is 2.20. The van der Waals surface area contributed by atoms with E-state index >= 15 is 0 Å². The quantitative estimate of drug-likeness (QED) is 0.856. The van der Waals surface area contributed by atoms with Crippen molar-refractivity contribution in [1.82, 2.24) is 19.7 Å². The van der Waals surface area contributed by atoms with Crippen LogP contribution in [-0.4, -0.2) is 45.2 Å². The summed E-state index contributed by atoms with van der Waals surface area (Å²) in [6.07, 6.45) is 6.73. The Hall–Kier alpha value is -1.73. The SMILES string of the molecule is Cc1nc(CN2CCC[C@]3(CCN(c4cnn(C)c4)C3=O)C2)cs1. The fourth-order valence-electron chi connectivity index (χ4n) is 4.07. The largest absolute Gasteiger partial charge is 0.309 e. The molecule has 2 aromatic rings. The Labute approximate surface area is 146 Å². The lowest BCUT2D eigenvalue weighted by Crippen LogP contribution is -2.47. The molecule has 128 valence electrons. The van der Waals surface area contributed by atoms with Gasteiger partial charge in [0.15, 0.2) is 0 Å². The number of piperidine rings is 1. The number of carbonyl (C=O) groups is 1. The van der Waals surface area contributed by atoms with Crippen LogP contribution in [0.2, 0.25) is 0 Å². The van der Waals surface area contributed by atoms with E-state index in [4.69, 9.17) is 0 Å². The molecule has 0 aromatic carbocycles. The van der Waals surface area contributed by atoms with Gasteiger partial charge in [0.1, 0.15) is 0 Å². The summed E-state index contributed by atoms with van der Waals surface area (Å²) in [7, 11) is 1.89. The van der Waals surface area contributed by atoms with Crippen molar-refractivity contribution >= 4 is 22.9 Å². The van der Waals surface area contributed by atoms with Crippen LogP contribution in [0.25, 0.3) is 0 Å². The molecule has 4 heterocycles. The molecule has 0 radical (unpaired) electrons. The maximum absolute atomic E-state index is 13.1. The van der Waals surface area contributed by atoms with Gasteiger partial charge < -0.3 is 4.90 Å². The highest BCUT2D eigenvalue weighted by Crippen LogP contribution is 2.42. The molecule has 2 aromatic heterocycles. The molecule has 4 rings (SSSR count). The monoisotopic (exact) mass is 345 g/mol. The Balaban J connectivity index is 1.49. The van der Waals surface area contributed by atoms with Crippen molar-refractivity contribution in [3.05, 3.63) is 28.5 Å². The van der Waals surface area contributed by atoms with Gasteiger partial charge >= 0.3 is 0 Å². The molecule has 1 spiro atoms. The van der Waals surface area contributed by atoms with Crippen molar-refractivity contribution < 1.29 is 4.79 Å². The van der Waals surface area contributed by atoms with Crippen LogP contribution in [0.4, 0.5) is 5.69 Å². The van der Waals surface area contributed by atoms with Gasteiger partial charge in [-0.25, -0.2) is 4.98 Å². The number of hydrogen-bond acceptors (Lipinski definition) is 5. The Bertz CT molecular complexity index is 754. The number of carbonyl (C=O) groups excluding carboxylic acids is 1. The van der Waals surface area contributed by atoms with Crippen LogP contribution in [0.15, 0.2) is 17.8 Å². The summed E-state index contributed by atoms with van der Waals surface area (Å²) in [6.45, 7) is 5.59. The number of nitrogens with zero attached hydrogens (tertiary/aromatic N) is 5. The first kappa shape index (κ1) is 15.8. The number of aromatic nitrogens is 3. The van der Waals surface area contributed by atoms with Crippen molar-refractivity contribution in [2.75, 3.05) is 24.5 Å². The van der Waals surface area contributed by atoms with Crippen LogP contribution < -0.4 is 4.90 Å². The molecule has 0 aliphatic carbocycles. The maximum Gasteiger partial charge on any atom is 0.234 e. The van der Waals surface area contributed by atoms with Crippen LogP contribution in [-0.2, 0) is 18.4 Å². The molecule has 2 saturated heterocycles. The van der Waals surface area contributed by atoms with Gasteiger partial charge in [0, 0.05) is 38.3 Å². The average Bonchev–Trinajstić information content (AvgIpc) is 3.23. The zero-order valence-electron chi connectivity index (χ0n) is 14.2. The van der Waals surface area contributed by atoms with E-state index in [9.17, 15) is 4.79 Å². The zero-order chi connectivity index (χ0) is 16.7. The van der Waals surface area contributed by atoms with E-state index in [0.29, 0.717) is 0 Å². The van der Waals surface area contributed by atoms with Crippen molar-refractivity contribution in [3.63, 3.8) is 0 Å². The lowest BCUT2D eigenvalue weighted by atomic mass is 9.78. The second-order valence-electron chi connectivity index (χ2n) is 7.03. The number of amides is 1. The first-order valence-electron chi connectivity index (χ1n) is 8.50. The zero-order valence-corrected chi connectivity index (χ0v) is 15.1. The maximum atomic E-state index is 13.1. The molecule has 1 atom stereocenters. The van der Waals surface area contributed by atoms with E-state index < -0.39 is 0 Å². The Morgan fingerprint density at radius 2 is 2.21 bits per heavy atom. The molecule has 0 saturated carbocycles. The van der Waals surface area contributed by atoms with Crippen molar-refractivity contribution in [3.8, 4) is 0 Å². The molecule has 2 fully saturated rings. The van der Waals surface area contributed by atoms with Crippen molar-refractivity contribution in [2.24, 2.45) is 12.5 Å². The molecule has 1 amide bonds. The first-order chi connectivity index (χ1) is 11.6. The van der Waals surface area contributed by atoms with Crippen LogP contribution in [0.3, 0.4) is 0 Å². The number of hydrogen-bond donors (Lipinski definition) is 0. The molecule has 7 heteroatoms. The Morgan fingerprint density at radius 3 is 2.92 bits per heavy atom. The smallest absolute Gasteiger partial charge is 0.234 e. The van der Waals surface area contributed by atoms with Gasteiger partial charge in [-0.3, -0.25) is 14.4 Å². The third kappa shape index (κ3) is 2.75. The second-order valence-corrected chi connectivity index (χ2v) is 8.09. The van der Waals surface area contributed by atoms with Crippen molar-refractivity contribution in [2.45, 2.75) is 32.7 Å². The molecule has 24 heavy (non-hydrogen) atoms. The van der Waals surface area contributed by atoms with E-state index in [0.717, 1.165) is 61.8 Å². The van der Waals surface area contributed by atoms with E-state index in [1.54, 1.807) is 22.2 Å². The Morgan fingerprint density at radius 1 is 1.33 bits per heavy atom. The number of aryl methyl sites for hydroxylation is 2. The number of rotatable bonds is 3. The highest BCUT2D eigenvalue weighted by molar-refractivity contribution is 7.09. The van der Waals surface area contributed by atoms with Crippen LogP contribution in [0, 0.1) is 12.3 Å². The lowest BCUT2D eigenvalue weighted by Gasteiger charge is -2.38. The normalized spacial score (nSPS) is 25.1. The summed E-state index contributed by atoms with van der Waals surface area (Å²) in [5, 5.41) is 7.45. The summed E-state index contributed by atoms with van der Waals surface area (Å²) in [5.41, 5.74) is 1.83. The minimum atomic E-state index is -0.223. The second kappa shape index (κ2) is 5.97. The topological polar surface area (TPSA) is 54.3 Å². The average molecular weight is 345 g/mol. The minimum Gasteiger partial charge on any atom is -0.309 e. The predicted molar refractivity (Wildman–Crippen MR) is 94.0 cm³/mol. The molecule has 6 nitrogen and oxygen atoms in total. The number of thiazole rings is 1. The van der Waals surface area contributed by atoms with E-state index in [1.807, 2.05) is 25.1 Å². The van der Waals surface area contributed by atoms with E-state index in [2.05, 4.69) is 20.4 Å². The Kier molecular flexibility index (Phi) is 3.92. The molecule has 2 aliphatic heterocycles. The lowest BCUT2D eigenvalue weighted by molar-refractivity contribution is -0.128. The summed E-state index contributed by atoms with van der Waals surface area (Å²) in [6, 6.07) is 0.